The highest BCUT2D eigenvalue weighted by Crippen LogP contribution is 2.23. The van der Waals surface area contributed by atoms with Crippen LogP contribution in [0.4, 0.5) is 4.79 Å². The molecule has 2 fully saturated rings. The van der Waals surface area contributed by atoms with Crippen LogP contribution in [0.1, 0.15) is 34.3 Å². The minimum absolute atomic E-state index is 0.122. The summed E-state index contributed by atoms with van der Waals surface area (Å²) < 4.78 is 10.2. The number of carbonyl (C=O) groups excluding carboxylic acids is 2. The molecule has 2 aliphatic heterocycles. The van der Waals surface area contributed by atoms with Crippen molar-refractivity contribution in [2.24, 2.45) is 0 Å². The standard InChI is InChI=1S/C19H29N3O4S/c1-3-26-19(24)21-11-9-20(10-12-21)15-5-4-8-22(13-15)18(23)17-7-6-16(27-17)14-25-2/h6-7,15H,3-5,8-14H2,1-2H3. The van der Waals surface area contributed by atoms with E-state index in [1.54, 1.807) is 12.0 Å². The summed E-state index contributed by atoms with van der Waals surface area (Å²) in [4.78, 5) is 32.7. The molecule has 0 aromatic carbocycles. The molecule has 0 saturated carbocycles. The Bertz CT molecular complexity index is 643. The SMILES string of the molecule is CCOC(=O)N1CCN(C2CCCN(C(=O)c3ccc(COC)s3)C2)CC1. The molecule has 0 aliphatic carbocycles. The van der Waals surface area contributed by atoms with E-state index in [2.05, 4.69) is 4.90 Å². The summed E-state index contributed by atoms with van der Waals surface area (Å²) in [5.74, 6) is 0.122. The molecule has 2 amide bonds. The zero-order valence-corrected chi connectivity index (χ0v) is 17.0. The Labute approximate surface area is 164 Å². The summed E-state index contributed by atoms with van der Waals surface area (Å²) >= 11 is 1.52. The van der Waals surface area contributed by atoms with Crippen LogP contribution in [0.5, 0.6) is 0 Å². The average Bonchev–Trinajstić information content (AvgIpc) is 3.17. The molecule has 8 heteroatoms. The van der Waals surface area contributed by atoms with Gasteiger partial charge in [0, 0.05) is 57.3 Å². The molecule has 1 atom stereocenters. The first-order chi connectivity index (χ1) is 13.1. The van der Waals surface area contributed by atoms with Crippen molar-refractivity contribution in [1.29, 1.82) is 0 Å². The van der Waals surface area contributed by atoms with Gasteiger partial charge in [-0.15, -0.1) is 11.3 Å². The third-order valence-electron chi connectivity index (χ3n) is 5.20. The minimum Gasteiger partial charge on any atom is -0.450 e. The van der Waals surface area contributed by atoms with Gasteiger partial charge in [-0.3, -0.25) is 9.69 Å². The smallest absolute Gasteiger partial charge is 0.409 e. The van der Waals surface area contributed by atoms with Crippen molar-refractivity contribution in [3.8, 4) is 0 Å². The van der Waals surface area contributed by atoms with Crippen molar-refractivity contribution in [2.45, 2.75) is 32.4 Å². The van der Waals surface area contributed by atoms with E-state index in [0.717, 1.165) is 48.8 Å². The average molecular weight is 396 g/mol. The van der Waals surface area contributed by atoms with Crippen LogP contribution >= 0.6 is 11.3 Å². The predicted octanol–water partition coefficient (Wildman–Crippen LogP) is 2.27. The first kappa shape index (κ1) is 20.1. The number of hydrogen-bond donors (Lipinski definition) is 0. The van der Waals surface area contributed by atoms with Gasteiger partial charge in [-0.25, -0.2) is 4.79 Å². The number of thiophene rings is 1. The van der Waals surface area contributed by atoms with E-state index in [1.165, 1.54) is 11.3 Å². The zero-order chi connectivity index (χ0) is 19.2. The van der Waals surface area contributed by atoms with E-state index >= 15 is 0 Å². The molecular weight excluding hydrogens is 366 g/mol. The summed E-state index contributed by atoms with van der Waals surface area (Å²) in [6.45, 7) is 7.41. The molecule has 1 aromatic rings. The first-order valence-electron chi connectivity index (χ1n) is 9.65. The number of methoxy groups -OCH3 is 1. The second kappa shape index (κ2) is 9.52. The third kappa shape index (κ3) is 5.00. The van der Waals surface area contributed by atoms with Gasteiger partial charge in [-0.05, 0) is 31.9 Å². The Morgan fingerprint density at radius 2 is 1.93 bits per heavy atom. The number of rotatable bonds is 5. The largest absolute Gasteiger partial charge is 0.450 e. The van der Waals surface area contributed by atoms with Crippen molar-refractivity contribution >= 4 is 23.3 Å². The lowest BCUT2D eigenvalue weighted by atomic mass is 10.0. The summed E-state index contributed by atoms with van der Waals surface area (Å²) in [6, 6.07) is 4.24. The van der Waals surface area contributed by atoms with Gasteiger partial charge >= 0.3 is 6.09 Å². The predicted molar refractivity (Wildman–Crippen MR) is 104 cm³/mol. The summed E-state index contributed by atoms with van der Waals surface area (Å²) in [7, 11) is 1.66. The van der Waals surface area contributed by atoms with Crippen LogP contribution < -0.4 is 0 Å². The quantitative estimate of drug-likeness (QED) is 0.765. The summed E-state index contributed by atoms with van der Waals surface area (Å²) in [5, 5.41) is 0. The Hall–Kier alpha value is -1.64. The van der Waals surface area contributed by atoms with Crippen LogP contribution in [0.25, 0.3) is 0 Å². The van der Waals surface area contributed by atoms with Crippen LogP contribution in [0, 0.1) is 0 Å². The van der Waals surface area contributed by atoms with Crippen LogP contribution in [-0.2, 0) is 16.1 Å². The molecule has 1 unspecified atom stereocenters. The number of hydrogen-bond acceptors (Lipinski definition) is 6. The number of nitrogens with zero attached hydrogens (tertiary/aromatic N) is 3. The van der Waals surface area contributed by atoms with Crippen molar-refractivity contribution in [2.75, 3.05) is 53.0 Å². The van der Waals surface area contributed by atoms with Crippen molar-refractivity contribution < 1.29 is 19.1 Å². The molecular formula is C19H29N3O4S. The lowest BCUT2D eigenvalue weighted by Gasteiger charge is -2.43. The Kier molecular flexibility index (Phi) is 7.09. The van der Waals surface area contributed by atoms with Gasteiger partial charge in [0.05, 0.1) is 18.1 Å². The van der Waals surface area contributed by atoms with Crippen LogP contribution in [0.15, 0.2) is 12.1 Å². The maximum atomic E-state index is 12.9. The van der Waals surface area contributed by atoms with Gasteiger partial charge in [-0.2, -0.15) is 0 Å². The van der Waals surface area contributed by atoms with Crippen LogP contribution in [-0.4, -0.2) is 85.7 Å². The molecule has 27 heavy (non-hydrogen) atoms. The Morgan fingerprint density at radius 1 is 1.15 bits per heavy atom. The molecule has 7 nitrogen and oxygen atoms in total. The van der Waals surface area contributed by atoms with E-state index in [4.69, 9.17) is 9.47 Å². The van der Waals surface area contributed by atoms with Gasteiger partial charge in [0.1, 0.15) is 0 Å². The molecule has 1 aromatic heterocycles. The monoisotopic (exact) mass is 395 g/mol. The topological polar surface area (TPSA) is 62.3 Å². The fraction of sp³-hybridized carbons (Fsp3) is 0.684. The van der Waals surface area contributed by atoms with E-state index in [9.17, 15) is 9.59 Å². The van der Waals surface area contributed by atoms with Gasteiger partial charge in [-0.1, -0.05) is 0 Å². The molecule has 3 rings (SSSR count). The van der Waals surface area contributed by atoms with E-state index in [0.29, 0.717) is 32.3 Å². The zero-order valence-electron chi connectivity index (χ0n) is 16.2. The molecule has 150 valence electrons. The maximum absolute atomic E-state index is 12.9. The molecule has 0 bridgehead atoms. The normalized spacial score (nSPS) is 21.3. The molecule has 2 saturated heterocycles. The first-order valence-corrected chi connectivity index (χ1v) is 10.5. The van der Waals surface area contributed by atoms with Crippen LogP contribution in [0.3, 0.4) is 0 Å². The lowest BCUT2D eigenvalue weighted by molar-refractivity contribution is 0.0380. The highest BCUT2D eigenvalue weighted by atomic mass is 32.1. The number of likely N-dealkylation sites (tertiary alicyclic amines) is 1. The van der Waals surface area contributed by atoms with Crippen molar-refractivity contribution in [1.82, 2.24) is 14.7 Å². The third-order valence-corrected chi connectivity index (χ3v) is 6.25. The lowest BCUT2D eigenvalue weighted by Crippen LogP contribution is -2.56. The van der Waals surface area contributed by atoms with Crippen molar-refractivity contribution in [3.63, 3.8) is 0 Å². The Balaban J connectivity index is 1.53. The van der Waals surface area contributed by atoms with Gasteiger partial charge in [0.2, 0.25) is 0 Å². The number of amides is 2. The van der Waals surface area contributed by atoms with Gasteiger partial charge in [0.15, 0.2) is 0 Å². The molecule has 0 radical (unpaired) electrons. The fourth-order valence-corrected chi connectivity index (χ4v) is 4.74. The minimum atomic E-state index is -0.220. The summed E-state index contributed by atoms with van der Waals surface area (Å²) in [6.07, 6.45) is 1.90. The van der Waals surface area contributed by atoms with Gasteiger partial charge in [0.25, 0.3) is 5.91 Å². The number of piperazine rings is 1. The Morgan fingerprint density at radius 3 is 2.63 bits per heavy atom. The molecule has 0 spiro atoms. The second-order valence-electron chi connectivity index (χ2n) is 6.97. The molecule has 3 heterocycles. The fourth-order valence-electron chi connectivity index (χ4n) is 3.79. The molecule has 2 aliphatic rings. The highest BCUT2D eigenvalue weighted by molar-refractivity contribution is 7.14. The van der Waals surface area contributed by atoms with E-state index in [1.807, 2.05) is 24.0 Å². The molecule has 0 N–H and O–H groups in total. The highest BCUT2D eigenvalue weighted by Gasteiger charge is 2.31. The summed E-state index contributed by atoms with van der Waals surface area (Å²) in [5.41, 5.74) is 0. The number of piperidine rings is 1. The van der Waals surface area contributed by atoms with E-state index in [-0.39, 0.29) is 12.0 Å². The number of ether oxygens (including phenoxy) is 2. The number of carbonyl (C=O) groups is 2. The van der Waals surface area contributed by atoms with E-state index < -0.39 is 0 Å². The second-order valence-corrected chi connectivity index (χ2v) is 8.14. The maximum Gasteiger partial charge on any atom is 0.409 e. The van der Waals surface area contributed by atoms with Gasteiger partial charge < -0.3 is 19.3 Å². The van der Waals surface area contributed by atoms with Crippen LogP contribution in [0.2, 0.25) is 0 Å². The van der Waals surface area contributed by atoms with Crippen molar-refractivity contribution in [3.05, 3.63) is 21.9 Å².